The van der Waals surface area contributed by atoms with Gasteiger partial charge in [0, 0.05) is 12.6 Å². The SMILES string of the molecule is CCCCCCOC(c1ccc(C)cc1)C(N)CC. The van der Waals surface area contributed by atoms with Crippen molar-refractivity contribution in [2.24, 2.45) is 5.73 Å². The summed E-state index contributed by atoms with van der Waals surface area (Å²) in [5.74, 6) is 0. The first-order valence-electron chi connectivity index (χ1n) is 7.62. The largest absolute Gasteiger partial charge is 0.372 e. The Bertz CT molecular complexity index is 334. The molecular weight excluding hydrogens is 234 g/mol. The molecule has 2 heteroatoms. The minimum absolute atomic E-state index is 0.0345. The summed E-state index contributed by atoms with van der Waals surface area (Å²) in [4.78, 5) is 0. The lowest BCUT2D eigenvalue weighted by molar-refractivity contribution is 0.0311. The Morgan fingerprint density at radius 3 is 2.32 bits per heavy atom. The molecule has 0 heterocycles. The van der Waals surface area contributed by atoms with Crippen molar-refractivity contribution >= 4 is 0 Å². The highest BCUT2D eigenvalue weighted by molar-refractivity contribution is 5.24. The number of hydrogen-bond acceptors (Lipinski definition) is 2. The number of unbranched alkanes of at least 4 members (excludes halogenated alkanes) is 3. The fourth-order valence-corrected chi connectivity index (χ4v) is 2.18. The van der Waals surface area contributed by atoms with E-state index >= 15 is 0 Å². The van der Waals surface area contributed by atoms with Gasteiger partial charge in [-0.15, -0.1) is 0 Å². The summed E-state index contributed by atoms with van der Waals surface area (Å²) in [5.41, 5.74) is 8.68. The van der Waals surface area contributed by atoms with Gasteiger partial charge in [0.2, 0.25) is 0 Å². The zero-order valence-electron chi connectivity index (χ0n) is 12.7. The van der Waals surface area contributed by atoms with Crippen LogP contribution in [0.4, 0.5) is 0 Å². The van der Waals surface area contributed by atoms with Gasteiger partial charge in [-0.3, -0.25) is 0 Å². The Kier molecular flexibility index (Phi) is 7.76. The van der Waals surface area contributed by atoms with E-state index in [4.69, 9.17) is 10.5 Å². The summed E-state index contributed by atoms with van der Waals surface area (Å²) < 4.78 is 6.04. The Balaban J connectivity index is 2.54. The van der Waals surface area contributed by atoms with Crippen molar-refractivity contribution in [3.05, 3.63) is 35.4 Å². The third-order valence-corrected chi connectivity index (χ3v) is 3.56. The molecule has 0 aliphatic rings. The van der Waals surface area contributed by atoms with Crippen LogP contribution in [0, 0.1) is 6.92 Å². The molecule has 0 saturated carbocycles. The predicted octanol–water partition coefficient (Wildman–Crippen LogP) is 4.37. The third-order valence-electron chi connectivity index (χ3n) is 3.56. The molecule has 2 unspecified atom stereocenters. The second-order valence-corrected chi connectivity index (χ2v) is 5.33. The van der Waals surface area contributed by atoms with E-state index in [1.54, 1.807) is 0 Å². The van der Waals surface area contributed by atoms with Crippen LogP contribution in [0.1, 0.15) is 63.2 Å². The van der Waals surface area contributed by atoms with Crippen molar-refractivity contribution in [1.82, 2.24) is 0 Å². The molecule has 2 atom stereocenters. The molecule has 108 valence electrons. The maximum absolute atomic E-state index is 6.20. The van der Waals surface area contributed by atoms with Gasteiger partial charge in [0.1, 0.15) is 0 Å². The fraction of sp³-hybridized carbons (Fsp3) is 0.647. The minimum Gasteiger partial charge on any atom is -0.372 e. The van der Waals surface area contributed by atoms with E-state index in [2.05, 4.69) is 45.0 Å². The van der Waals surface area contributed by atoms with Crippen LogP contribution in [0.25, 0.3) is 0 Å². The Morgan fingerprint density at radius 1 is 1.05 bits per heavy atom. The molecule has 0 aliphatic carbocycles. The Hall–Kier alpha value is -0.860. The van der Waals surface area contributed by atoms with Gasteiger partial charge in [0.05, 0.1) is 6.10 Å². The third kappa shape index (κ3) is 5.75. The number of benzene rings is 1. The lowest BCUT2D eigenvalue weighted by Crippen LogP contribution is -2.29. The first-order chi connectivity index (χ1) is 9.19. The topological polar surface area (TPSA) is 35.2 Å². The van der Waals surface area contributed by atoms with Crippen LogP contribution >= 0.6 is 0 Å². The summed E-state index contributed by atoms with van der Waals surface area (Å²) in [6.07, 6.45) is 5.90. The second kappa shape index (κ2) is 9.11. The van der Waals surface area contributed by atoms with Gasteiger partial charge >= 0.3 is 0 Å². The van der Waals surface area contributed by atoms with Crippen molar-refractivity contribution in [2.45, 2.75) is 65.0 Å². The molecule has 19 heavy (non-hydrogen) atoms. The summed E-state index contributed by atoms with van der Waals surface area (Å²) in [5, 5.41) is 0. The monoisotopic (exact) mass is 263 g/mol. The molecule has 1 aromatic carbocycles. The van der Waals surface area contributed by atoms with E-state index in [1.807, 2.05) is 0 Å². The van der Waals surface area contributed by atoms with E-state index in [0.717, 1.165) is 19.4 Å². The van der Waals surface area contributed by atoms with Crippen molar-refractivity contribution in [3.8, 4) is 0 Å². The predicted molar refractivity (Wildman–Crippen MR) is 82.3 cm³/mol. The van der Waals surface area contributed by atoms with Gasteiger partial charge in [-0.05, 0) is 25.3 Å². The van der Waals surface area contributed by atoms with Crippen LogP contribution < -0.4 is 5.73 Å². The minimum atomic E-state index is 0.0345. The maximum Gasteiger partial charge on any atom is 0.0975 e. The number of ether oxygens (including phenoxy) is 1. The standard InChI is InChI=1S/C17H29NO/c1-4-6-7-8-13-19-17(16(18)5-2)15-11-9-14(3)10-12-15/h9-12,16-17H,4-8,13,18H2,1-3H3. The van der Waals surface area contributed by atoms with Crippen LogP contribution in [0.3, 0.4) is 0 Å². The second-order valence-electron chi connectivity index (χ2n) is 5.33. The average molecular weight is 263 g/mol. The highest BCUT2D eigenvalue weighted by atomic mass is 16.5. The number of nitrogens with two attached hydrogens (primary N) is 1. The van der Waals surface area contributed by atoms with Crippen molar-refractivity contribution < 1.29 is 4.74 Å². The van der Waals surface area contributed by atoms with Gasteiger partial charge in [0.15, 0.2) is 0 Å². The summed E-state index contributed by atoms with van der Waals surface area (Å²) in [7, 11) is 0. The van der Waals surface area contributed by atoms with E-state index in [1.165, 1.54) is 30.4 Å². The summed E-state index contributed by atoms with van der Waals surface area (Å²) in [6, 6.07) is 8.62. The Morgan fingerprint density at radius 2 is 1.74 bits per heavy atom. The van der Waals surface area contributed by atoms with Crippen LogP contribution in [-0.4, -0.2) is 12.6 Å². The van der Waals surface area contributed by atoms with Crippen molar-refractivity contribution in [2.75, 3.05) is 6.61 Å². The van der Waals surface area contributed by atoms with Crippen LogP contribution in [-0.2, 0) is 4.74 Å². The van der Waals surface area contributed by atoms with Crippen molar-refractivity contribution in [3.63, 3.8) is 0 Å². The molecule has 0 aromatic heterocycles. The lowest BCUT2D eigenvalue weighted by Gasteiger charge is -2.24. The molecule has 0 bridgehead atoms. The summed E-state index contributed by atoms with van der Waals surface area (Å²) >= 11 is 0. The zero-order valence-corrected chi connectivity index (χ0v) is 12.7. The molecule has 0 radical (unpaired) electrons. The van der Waals surface area contributed by atoms with E-state index < -0.39 is 0 Å². The molecule has 2 nitrogen and oxygen atoms in total. The molecule has 0 spiro atoms. The van der Waals surface area contributed by atoms with Crippen LogP contribution in [0.2, 0.25) is 0 Å². The van der Waals surface area contributed by atoms with Gasteiger partial charge in [-0.25, -0.2) is 0 Å². The van der Waals surface area contributed by atoms with Crippen LogP contribution in [0.15, 0.2) is 24.3 Å². The van der Waals surface area contributed by atoms with Gasteiger partial charge in [0.25, 0.3) is 0 Å². The molecule has 0 saturated heterocycles. The molecule has 1 aromatic rings. The molecule has 2 N–H and O–H groups in total. The van der Waals surface area contributed by atoms with E-state index in [9.17, 15) is 0 Å². The van der Waals surface area contributed by atoms with Crippen molar-refractivity contribution in [1.29, 1.82) is 0 Å². The smallest absolute Gasteiger partial charge is 0.0975 e. The van der Waals surface area contributed by atoms with Gasteiger partial charge < -0.3 is 10.5 Å². The molecule has 0 aliphatic heterocycles. The first kappa shape index (κ1) is 16.2. The van der Waals surface area contributed by atoms with Gasteiger partial charge in [-0.2, -0.15) is 0 Å². The quantitative estimate of drug-likeness (QED) is 0.671. The maximum atomic E-state index is 6.20. The highest BCUT2D eigenvalue weighted by Crippen LogP contribution is 2.23. The number of hydrogen-bond donors (Lipinski definition) is 1. The zero-order chi connectivity index (χ0) is 14.1. The normalized spacial score (nSPS) is 14.3. The average Bonchev–Trinajstić information content (AvgIpc) is 2.43. The summed E-state index contributed by atoms with van der Waals surface area (Å²) in [6.45, 7) is 7.26. The highest BCUT2D eigenvalue weighted by Gasteiger charge is 2.18. The molecule has 1 rings (SSSR count). The van der Waals surface area contributed by atoms with Crippen LogP contribution in [0.5, 0.6) is 0 Å². The first-order valence-corrected chi connectivity index (χ1v) is 7.62. The van der Waals surface area contributed by atoms with Gasteiger partial charge in [-0.1, -0.05) is 62.9 Å². The number of rotatable bonds is 9. The van der Waals surface area contributed by atoms with E-state index in [0.29, 0.717) is 0 Å². The molecule has 0 amide bonds. The fourth-order valence-electron chi connectivity index (χ4n) is 2.18. The lowest BCUT2D eigenvalue weighted by atomic mass is 10.00. The van der Waals surface area contributed by atoms with E-state index in [-0.39, 0.29) is 12.1 Å². The number of aryl methyl sites for hydroxylation is 1. The molecular formula is C17H29NO. The Labute approximate surface area is 118 Å². The molecule has 0 fully saturated rings.